The molecule has 2 N–H and O–H groups in total. The van der Waals surface area contributed by atoms with Crippen LogP contribution < -0.4 is 5.73 Å². The zero-order chi connectivity index (χ0) is 13.1. The van der Waals surface area contributed by atoms with Crippen LogP contribution in [-0.4, -0.2) is 46.7 Å². The largest absolute Gasteiger partial charge is 0.406 e. The summed E-state index contributed by atoms with van der Waals surface area (Å²) >= 11 is 0. The maximum Gasteiger partial charge on any atom is 0.406 e. The van der Waals surface area contributed by atoms with E-state index in [1.165, 1.54) is 12.5 Å². The van der Waals surface area contributed by atoms with Crippen molar-refractivity contribution in [2.75, 3.05) is 20.1 Å². The van der Waals surface area contributed by atoms with Crippen molar-refractivity contribution in [3.05, 3.63) is 18.2 Å². The fourth-order valence-electron chi connectivity index (χ4n) is 1.28. The number of halogens is 3. The molecule has 1 rings (SSSR count). The number of alkyl halides is 3. The van der Waals surface area contributed by atoms with Gasteiger partial charge in [-0.3, -0.25) is 4.79 Å². The maximum atomic E-state index is 12.1. The van der Waals surface area contributed by atoms with Crippen LogP contribution >= 0.6 is 0 Å². The molecular formula is C9H13F3N4O. The van der Waals surface area contributed by atoms with Crippen molar-refractivity contribution in [2.45, 2.75) is 12.7 Å². The Labute approximate surface area is 96.0 Å². The van der Waals surface area contributed by atoms with Crippen LogP contribution in [0.5, 0.6) is 0 Å². The number of aromatic nitrogens is 2. The highest BCUT2D eigenvalue weighted by molar-refractivity contribution is 5.91. The summed E-state index contributed by atoms with van der Waals surface area (Å²) in [5, 5.41) is 0. The van der Waals surface area contributed by atoms with E-state index < -0.39 is 18.6 Å². The maximum absolute atomic E-state index is 12.1. The highest BCUT2D eigenvalue weighted by atomic mass is 19.4. The van der Waals surface area contributed by atoms with Gasteiger partial charge < -0.3 is 15.2 Å². The standard InChI is InChI=1S/C9H13F3N4O/c1-15(5-9(10,11)12)8(17)7-4-16(3-2-13)6-14-7/h4,6H,2-3,5,13H2,1H3. The molecule has 96 valence electrons. The topological polar surface area (TPSA) is 64.2 Å². The van der Waals surface area contributed by atoms with Crippen LogP contribution in [-0.2, 0) is 6.54 Å². The Kier molecular flexibility index (Phi) is 4.11. The Morgan fingerprint density at radius 3 is 2.76 bits per heavy atom. The average molecular weight is 250 g/mol. The van der Waals surface area contributed by atoms with E-state index in [1.807, 2.05) is 0 Å². The number of hydrogen-bond donors (Lipinski definition) is 1. The fourth-order valence-corrected chi connectivity index (χ4v) is 1.28. The lowest BCUT2D eigenvalue weighted by Crippen LogP contribution is -2.36. The molecule has 1 aromatic rings. The highest BCUT2D eigenvalue weighted by Gasteiger charge is 2.31. The molecule has 5 nitrogen and oxygen atoms in total. The molecule has 0 unspecified atom stereocenters. The SMILES string of the molecule is CN(CC(F)(F)F)C(=O)c1cn(CCN)cn1. The molecule has 8 heteroatoms. The normalized spacial score (nSPS) is 11.6. The van der Waals surface area contributed by atoms with Gasteiger partial charge in [-0.1, -0.05) is 0 Å². The Balaban J connectivity index is 2.68. The number of imidazole rings is 1. The van der Waals surface area contributed by atoms with Gasteiger partial charge in [0.05, 0.1) is 6.33 Å². The number of carbonyl (C=O) groups is 1. The lowest BCUT2D eigenvalue weighted by atomic mass is 10.4. The molecule has 0 aliphatic heterocycles. The summed E-state index contributed by atoms with van der Waals surface area (Å²) in [6.07, 6.45) is -1.67. The molecule has 0 saturated heterocycles. The van der Waals surface area contributed by atoms with Gasteiger partial charge in [0.15, 0.2) is 0 Å². The number of rotatable bonds is 4. The van der Waals surface area contributed by atoms with E-state index in [9.17, 15) is 18.0 Å². The molecule has 0 fully saturated rings. The minimum absolute atomic E-state index is 0.0230. The third-order valence-corrected chi connectivity index (χ3v) is 2.00. The van der Waals surface area contributed by atoms with E-state index in [0.29, 0.717) is 18.0 Å². The van der Waals surface area contributed by atoms with Crippen molar-refractivity contribution in [3.8, 4) is 0 Å². The van der Waals surface area contributed by atoms with E-state index in [-0.39, 0.29) is 5.69 Å². The monoisotopic (exact) mass is 250 g/mol. The second-order valence-corrected chi connectivity index (χ2v) is 3.56. The lowest BCUT2D eigenvalue weighted by Gasteiger charge is -2.17. The number of nitrogens with two attached hydrogens (primary N) is 1. The molecule has 0 bridgehead atoms. The first-order valence-electron chi connectivity index (χ1n) is 4.87. The number of hydrogen-bond acceptors (Lipinski definition) is 3. The van der Waals surface area contributed by atoms with Gasteiger partial charge >= 0.3 is 6.18 Å². The summed E-state index contributed by atoms with van der Waals surface area (Å²) in [6, 6.07) is 0. The zero-order valence-electron chi connectivity index (χ0n) is 9.24. The van der Waals surface area contributed by atoms with Crippen molar-refractivity contribution in [2.24, 2.45) is 5.73 Å². The van der Waals surface area contributed by atoms with Gasteiger partial charge in [0.25, 0.3) is 5.91 Å². The van der Waals surface area contributed by atoms with Crippen LogP contribution in [0.25, 0.3) is 0 Å². The van der Waals surface area contributed by atoms with Crippen molar-refractivity contribution < 1.29 is 18.0 Å². The summed E-state index contributed by atoms with van der Waals surface area (Å²) in [6.45, 7) is -0.471. The third-order valence-electron chi connectivity index (χ3n) is 2.00. The quantitative estimate of drug-likeness (QED) is 0.845. The van der Waals surface area contributed by atoms with Gasteiger partial charge in [0, 0.05) is 26.3 Å². The number of amides is 1. The molecule has 0 atom stereocenters. The van der Waals surface area contributed by atoms with Gasteiger partial charge in [-0.25, -0.2) is 4.98 Å². The van der Waals surface area contributed by atoms with Gasteiger partial charge in [0.2, 0.25) is 0 Å². The molecule has 0 saturated carbocycles. The Hall–Kier alpha value is -1.57. The van der Waals surface area contributed by atoms with Crippen LogP contribution in [0.3, 0.4) is 0 Å². The summed E-state index contributed by atoms with van der Waals surface area (Å²) in [5.74, 6) is -0.766. The van der Waals surface area contributed by atoms with E-state index in [2.05, 4.69) is 4.98 Å². The van der Waals surface area contributed by atoms with E-state index in [4.69, 9.17) is 5.73 Å². The van der Waals surface area contributed by atoms with Gasteiger partial charge in [-0.05, 0) is 0 Å². The first kappa shape index (κ1) is 13.5. The van der Waals surface area contributed by atoms with Crippen molar-refractivity contribution in [1.82, 2.24) is 14.5 Å². The second-order valence-electron chi connectivity index (χ2n) is 3.56. The second kappa shape index (κ2) is 5.17. The first-order chi connectivity index (χ1) is 7.83. The zero-order valence-corrected chi connectivity index (χ0v) is 9.24. The lowest BCUT2D eigenvalue weighted by molar-refractivity contribution is -0.138. The van der Waals surface area contributed by atoms with Gasteiger partial charge in [-0.15, -0.1) is 0 Å². The molecule has 17 heavy (non-hydrogen) atoms. The Morgan fingerprint density at radius 1 is 1.59 bits per heavy atom. The molecule has 0 aliphatic rings. The van der Waals surface area contributed by atoms with E-state index in [1.54, 1.807) is 4.57 Å². The summed E-state index contributed by atoms with van der Waals surface area (Å²) in [5.41, 5.74) is 5.27. The van der Waals surface area contributed by atoms with Crippen LogP contribution in [0.1, 0.15) is 10.5 Å². The van der Waals surface area contributed by atoms with Crippen molar-refractivity contribution in [1.29, 1.82) is 0 Å². The van der Waals surface area contributed by atoms with Crippen LogP contribution in [0.2, 0.25) is 0 Å². The van der Waals surface area contributed by atoms with E-state index >= 15 is 0 Å². The molecule has 0 aromatic carbocycles. The minimum atomic E-state index is -4.41. The van der Waals surface area contributed by atoms with Crippen LogP contribution in [0, 0.1) is 0 Å². The molecule has 1 heterocycles. The smallest absolute Gasteiger partial charge is 0.335 e. The Morgan fingerprint density at radius 2 is 2.24 bits per heavy atom. The minimum Gasteiger partial charge on any atom is -0.335 e. The molecule has 0 spiro atoms. The summed E-state index contributed by atoms with van der Waals surface area (Å²) in [4.78, 5) is 15.9. The highest BCUT2D eigenvalue weighted by Crippen LogP contribution is 2.16. The predicted molar refractivity (Wildman–Crippen MR) is 54.3 cm³/mol. The van der Waals surface area contributed by atoms with Gasteiger partial charge in [0.1, 0.15) is 12.2 Å². The van der Waals surface area contributed by atoms with Crippen LogP contribution in [0.15, 0.2) is 12.5 Å². The fraction of sp³-hybridized carbons (Fsp3) is 0.556. The first-order valence-corrected chi connectivity index (χ1v) is 4.87. The van der Waals surface area contributed by atoms with Crippen molar-refractivity contribution >= 4 is 5.91 Å². The van der Waals surface area contributed by atoms with E-state index in [0.717, 1.165) is 7.05 Å². The molecule has 0 aliphatic carbocycles. The summed E-state index contributed by atoms with van der Waals surface area (Å²) in [7, 11) is 1.08. The average Bonchev–Trinajstić information content (AvgIpc) is 2.63. The number of carbonyl (C=O) groups excluding carboxylic acids is 1. The molecule has 1 aromatic heterocycles. The summed E-state index contributed by atoms with van der Waals surface area (Å²) < 4.78 is 37.8. The Bertz CT molecular complexity index is 388. The molecular weight excluding hydrogens is 237 g/mol. The number of nitrogens with zero attached hydrogens (tertiary/aromatic N) is 3. The molecule has 1 amide bonds. The van der Waals surface area contributed by atoms with Crippen LogP contribution in [0.4, 0.5) is 13.2 Å². The van der Waals surface area contributed by atoms with Crippen molar-refractivity contribution in [3.63, 3.8) is 0 Å². The predicted octanol–water partition coefficient (Wildman–Crippen LogP) is 0.476. The third kappa shape index (κ3) is 4.06. The van der Waals surface area contributed by atoms with Gasteiger partial charge in [-0.2, -0.15) is 13.2 Å². The molecule has 0 radical (unpaired) electrons.